The van der Waals surface area contributed by atoms with Gasteiger partial charge in [-0.3, -0.25) is 14.9 Å². The van der Waals surface area contributed by atoms with Crippen molar-refractivity contribution in [2.75, 3.05) is 5.32 Å². The summed E-state index contributed by atoms with van der Waals surface area (Å²) in [7, 11) is 0. The lowest BCUT2D eigenvalue weighted by Crippen LogP contribution is -2.34. The normalized spacial score (nSPS) is 10.0. The molecule has 0 aromatic heterocycles. The van der Waals surface area contributed by atoms with Gasteiger partial charge in [-0.05, 0) is 24.7 Å². The standard InChI is InChI=1S/C13H16ClN3O3S/c1-2-3-4-5-12(18)16-13(21)15-11-7-6-9(17(19)20)8-10(11)14/h6-8H,2-5H2,1H3,(H2,15,16,18,21). The first-order chi connectivity index (χ1) is 9.93. The van der Waals surface area contributed by atoms with Crippen molar-refractivity contribution in [2.24, 2.45) is 0 Å². The van der Waals surface area contributed by atoms with E-state index < -0.39 is 4.92 Å². The number of thiocarbonyl (C=S) groups is 1. The minimum atomic E-state index is -0.538. The number of carbonyl (C=O) groups is 1. The number of carbonyl (C=O) groups excluding carboxylic acids is 1. The molecule has 0 aliphatic heterocycles. The molecule has 0 spiro atoms. The van der Waals surface area contributed by atoms with E-state index in [1.807, 2.05) is 0 Å². The number of benzene rings is 1. The van der Waals surface area contributed by atoms with Crippen molar-refractivity contribution in [3.63, 3.8) is 0 Å². The highest BCUT2D eigenvalue weighted by Crippen LogP contribution is 2.26. The molecule has 1 amide bonds. The van der Waals surface area contributed by atoms with Gasteiger partial charge < -0.3 is 10.6 Å². The molecule has 0 saturated heterocycles. The third-order valence-electron chi connectivity index (χ3n) is 2.67. The van der Waals surface area contributed by atoms with Crippen LogP contribution < -0.4 is 10.6 Å². The lowest BCUT2D eigenvalue weighted by molar-refractivity contribution is -0.384. The van der Waals surface area contributed by atoms with Crippen molar-refractivity contribution in [1.82, 2.24) is 5.32 Å². The molecule has 0 radical (unpaired) electrons. The molecular formula is C13H16ClN3O3S. The minimum Gasteiger partial charge on any atom is -0.331 e. The minimum absolute atomic E-state index is 0.111. The zero-order chi connectivity index (χ0) is 15.8. The van der Waals surface area contributed by atoms with E-state index in [1.165, 1.54) is 18.2 Å². The SMILES string of the molecule is CCCCCC(=O)NC(=S)Nc1ccc([N+](=O)[O-])cc1Cl. The molecule has 114 valence electrons. The molecule has 0 fully saturated rings. The van der Waals surface area contributed by atoms with E-state index in [1.54, 1.807) is 0 Å². The zero-order valence-corrected chi connectivity index (χ0v) is 13.1. The Morgan fingerprint density at radius 2 is 2.14 bits per heavy atom. The highest BCUT2D eigenvalue weighted by molar-refractivity contribution is 7.80. The highest BCUT2D eigenvalue weighted by Gasteiger charge is 2.11. The van der Waals surface area contributed by atoms with Gasteiger partial charge >= 0.3 is 0 Å². The second-order valence-electron chi connectivity index (χ2n) is 4.38. The quantitative estimate of drug-likeness (QED) is 0.360. The number of hydrogen-bond acceptors (Lipinski definition) is 4. The smallest absolute Gasteiger partial charge is 0.271 e. The summed E-state index contributed by atoms with van der Waals surface area (Å²) in [6, 6.07) is 3.96. The predicted molar refractivity (Wildman–Crippen MR) is 86.6 cm³/mol. The Bertz CT molecular complexity index is 551. The van der Waals surface area contributed by atoms with E-state index >= 15 is 0 Å². The Balaban J connectivity index is 2.55. The zero-order valence-electron chi connectivity index (χ0n) is 11.5. The molecule has 0 unspecified atom stereocenters. The molecule has 0 aliphatic carbocycles. The Hall–Kier alpha value is -1.73. The summed E-state index contributed by atoms with van der Waals surface area (Å²) < 4.78 is 0. The van der Waals surface area contributed by atoms with Gasteiger partial charge in [-0.15, -0.1) is 0 Å². The average Bonchev–Trinajstić information content (AvgIpc) is 2.41. The number of non-ortho nitro benzene ring substituents is 1. The predicted octanol–water partition coefficient (Wildman–Crippen LogP) is 3.64. The second-order valence-corrected chi connectivity index (χ2v) is 5.20. The van der Waals surface area contributed by atoms with E-state index in [-0.39, 0.29) is 21.7 Å². The van der Waals surface area contributed by atoms with E-state index in [9.17, 15) is 14.9 Å². The van der Waals surface area contributed by atoms with Gasteiger partial charge in [0.1, 0.15) is 0 Å². The van der Waals surface area contributed by atoms with Gasteiger partial charge in [0.2, 0.25) is 5.91 Å². The van der Waals surface area contributed by atoms with Gasteiger partial charge in [-0.2, -0.15) is 0 Å². The Morgan fingerprint density at radius 1 is 1.43 bits per heavy atom. The molecule has 0 aliphatic rings. The number of anilines is 1. The number of unbranched alkanes of at least 4 members (excludes halogenated alkanes) is 2. The lowest BCUT2D eigenvalue weighted by Gasteiger charge is -2.10. The number of rotatable bonds is 6. The fraction of sp³-hybridized carbons (Fsp3) is 0.385. The third-order valence-corrected chi connectivity index (χ3v) is 3.19. The Labute approximate surface area is 133 Å². The van der Waals surface area contributed by atoms with E-state index in [0.29, 0.717) is 12.1 Å². The fourth-order valence-corrected chi connectivity index (χ4v) is 2.04. The highest BCUT2D eigenvalue weighted by atomic mass is 35.5. The van der Waals surface area contributed by atoms with Gasteiger partial charge in [0, 0.05) is 18.6 Å². The van der Waals surface area contributed by atoms with Crippen LogP contribution in [0.1, 0.15) is 32.6 Å². The molecule has 2 N–H and O–H groups in total. The van der Waals surface area contributed by atoms with Gasteiger partial charge in [0.15, 0.2) is 5.11 Å². The molecule has 1 aromatic carbocycles. The topological polar surface area (TPSA) is 84.3 Å². The monoisotopic (exact) mass is 329 g/mol. The number of nitro benzene ring substituents is 1. The van der Waals surface area contributed by atoms with Crippen molar-refractivity contribution in [2.45, 2.75) is 32.6 Å². The first-order valence-electron chi connectivity index (χ1n) is 6.48. The summed E-state index contributed by atoms with van der Waals surface area (Å²) in [6.45, 7) is 2.06. The molecule has 6 nitrogen and oxygen atoms in total. The van der Waals surface area contributed by atoms with Gasteiger partial charge in [-0.25, -0.2) is 0 Å². The maximum atomic E-state index is 11.6. The second kappa shape index (κ2) is 8.53. The average molecular weight is 330 g/mol. The molecule has 0 saturated carbocycles. The number of nitrogens with zero attached hydrogens (tertiary/aromatic N) is 1. The molecule has 1 aromatic rings. The molecule has 1 rings (SSSR count). The first-order valence-corrected chi connectivity index (χ1v) is 7.27. The largest absolute Gasteiger partial charge is 0.331 e. The molecule has 0 bridgehead atoms. The number of nitrogens with one attached hydrogen (secondary N) is 2. The Kier molecular flexibility index (Phi) is 7.04. The Morgan fingerprint density at radius 3 is 2.71 bits per heavy atom. The van der Waals surface area contributed by atoms with Crippen molar-refractivity contribution in [1.29, 1.82) is 0 Å². The third kappa shape index (κ3) is 6.05. The molecule has 8 heteroatoms. The number of halogens is 1. The van der Waals surface area contributed by atoms with Crippen LogP contribution in [0, 0.1) is 10.1 Å². The van der Waals surface area contributed by atoms with Gasteiger partial charge in [0.25, 0.3) is 5.69 Å². The van der Waals surface area contributed by atoms with E-state index in [2.05, 4.69) is 17.6 Å². The first kappa shape index (κ1) is 17.3. The van der Waals surface area contributed by atoms with E-state index in [4.69, 9.17) is 23.8 Å². The van der Waals surface area contributed by atoms with Crippen LogP contribution in [0.15, 0.2) is 18.2 Å². The van der Waals surface area contributed by atoms with Crippen LogP contribution in [0.5, 0.6) is 0 Å². The van der Waals surface area contributed by atoms with Crippen LogP contribution in [0.25, 0.3) is 0 Å². The van der Waals surface area contributed by atoms with Crippen LogP contribution in [-0.2, 0) is 4.79 Å². The van der Waals surface area contributed by atoms with Crippen LogP contribution >= 0.6 is 23.8 Å². The maximum absolute atomic E-state index is 11.6. The van der Waals surface area contributed by atoms with E-state index in [0.717, 1.165) is 19.3 Å². The molecule has 0 heterocycles. The van der Waals surface area contributed by atoms with Crippen LogP contribution in [0.4, 0.5) is 11.4 Å². The van der Waals surface area contributed by atoms with Crippen molar-refractivity contribution >= 4 is 46.2 Å². The maximum Gasteiger partial charge on any atom is 0.271 e. The number of nitro groups is 1. The van der Waals surface area contributed by atoms with Crippen molar-refractivity contribution < 1.29 is 9.72 Å². The lowest BCUT2D eigenvalue weighted by atomic mass is 10.2. The van der Waals surface area contributed by atoms with Crippen LogP contribution in [0.3, 0.4) is 0 Å². The molecular weight excluding hydrogens is 314 g/mol. The summed E-state index contributed by atoms with van der Waals surface area (Å²) in [5.74, 6) is -0.168. The van der Waals surface area contributed by atoms with Crippen LogP contribution in [0.2, 0.25) is 5.02 Å². The molecule has 0 atom stereocenters. The fourth-order valence-electron chi connectivity index (χ4n) is 1.60. The number of hydrogen-bond donors (Lipinski definition) is 2. The van der Waals surface area contributed by atoms with Crippen molar-refractivity contribution in [3.8, 4) is 0 Å². The van der Waals surface area contributed by atoms with Crippen LogP contribution in [-0.4, -0.2) is 15.9 Å². The summed E-state index contributed by atoms with van der Waals surface area (Å²) in [6.07, 6.45) is 3.24. The number of amides is 1. The molecule has 21 heavy (non-hydrogen) atoms. The summed E-state index contributed by atoms with van der Waals surface area (Å²) in [5.41, 5.74) is 0.293. The summed E-state index contributed by atoms with van der Waals surface area (Å²) in [4.78, 5) is 21.6. The summed E-state index contributed by atoms with van der Waals surface area (Å²) in [5, 5.41) is 16.2. The summed E-state index contributed by atoms with van der Waals surface area (Å²) >= 11 is 10.9. The van der Waals surface area contributed by atoms with Crippen molar-refractivity contribution in [3.05, 3.63) is 33.3 Å². The van der Waals surface area contributed by atoms with Gasteiger partial charge in [-0.1, -0.05) is 31.4 Å². The van der Waals surface area contributed by atoms with Gasteiger partial charge in [0.05, 0.1) is 15.6 Å².